The lowest BCUT2D eigenvalue weighted by Crippen LogP contribution is -2.50. The van der Waals surface area contributed by atoms with Crippen molar-refractivity contribution in [2.75, 3.05) is 23.9 Å². The van der Waals surface area contributed by atoms with Gasteiger partial charge in [0.2, 0.25) is 5.95 Å². The smallest absolute Gasteiger partial charge is 0.323 e. The maximum Gasteiger partial charge on any atom is 0.323 e. The molecular formula is C27H26ClF2N11O2. The van der Waals surface area contributed by atoms with E-state index in [0.717, 1.165) is 0 Å². The molecule has 0 aliphatic heterocycles. The van der Waals surface area contributed by atoms with E-state index in [-0.39, 0.29) is 23.7 Å². The van der Waals surface area contributed by atoms with Crippen LogP contribution in [0.3, 0.4) is 0 Å². The fourth-order valence-corrected chi connectivity index (χ4v) is 4.97. The third-order valence-electron chi connectivity index (χ3n) is 6.89. The van der Waals surface area contributed by atoms with Gasteiger partial charge in [-0.1, -0.05) is 11.6 Å². The molecule has 1 saturated carbocycles. The summed E-state index contributed by atoms with van der Waals surface area (Å²) in [6.45, 7) is -0.772. The van der Waals surface area contributed by atoms with Crippen molar-refractivity contribution in [2.45, 2.75) is 44.2 Å². The van der Waals surface area contributed by atoms with Gasteiger partial charge >= 0.3 is 12.0 Å². The Morgan fingerprint density at radius 1 is 1.12 bits per heavy atom. The van der Waals surface area contributed by atoms with Gasteiger partial charge < -0.3 is 15.4 Å². The number of halogens is 3. The number of aromatic amines is 1. The predicted molar refractivity (Wildman–Crippen MR) is 153 cm³/mol. The first-order valence-electron chi connectivity index (χ1n) is 13.3. The number of nitriles is 1. The summed E-state index contributed by atoms with van der Waals surface area (Å²) < 4.78 is 30.8. The highest BCUT2D eigenvalue weighted by molar-refractivity contribution is 6.32. The van der Waals surface area contributed by atoms with Crippen LogP contribution in [0.5, 0.6) is 6.01 Å². The van der Waals surface area contributed by atoms with Gasteiger partial charge in [0.15, 0.2) is 0 Å². The monoisotopic (exact) mass is 609 g/mol. The Bertz CT molecular complexity index is 1590. The molecule has 2 amide bonds. The number of methoxy groups -OCH3 is 1. The van der Waals surface area contributed by atoms with Gasteiger partial charge in [-0.25, -0.2) is 38.5 Å². The second-order valence-corrected chi connectivity index (χ2v) is 10.0. The van der Waals surface area contributed by atoms with E-state index in [1.54, 1.807) is 30.7 Å². The summed E-state index contributed by atoms with van der Waals surface area (Å²) in [4.78, 5) is 35.9. The Morgan fingerprint density at radius 2 is 1.86 bits per heavy atom. The zero-order chi connectivity index (χ0) is 30.3. The highest BCUT2D eigenvalue weighted by Gasteiger charge is 2.31. The van der Waals surface area contributed by atoms with Gasteiger partial charge in [0.25, 0.3) is 6.43 Å². The molecule has 4 heterocycles. The zero-order valence-corrected chi connectivity index (χ0v) is 23.6. The number of amides is 2. The minimum Gasteiger partial charge on any atom is -0.467 e. The average molecular weight is 610 g/mol. The molecule has 1 fully saturated rings. The molecule has 1 aliphatic carbocycles. The molecule has 0 unspecified atom stereocenters. The number of hydrogen-bond donors (Lipinski definition) is 3. The van der Waals surface area contributed by atoms with E-state index in [0.29, 0.717) is 65.0 Å². The highest BCUT2D eigenvalue weighted by atomic mass is 35.5. The fraction of sp³-hybridized carbons (Fsp3) is 0.333. The van der Waals surface area contributed by atoms with Crippen molar-refractivity contribution < 1.29 is 18.3 Å². The standard InChI is InChI=1S/C27H26ClF2N11O2/c1-43-26-34-11-17(12-35-26)15-2-7-22(32-9-15)41(27(42)36-14-21(29)30)19-5-3-18(4-6-19)38-25-33-10-16(8-31)23(39-25)24-20(28)13-37-40-24/h2,7,9-13,18-19,21H,3-6,14H2,1H3,(H,36,42)(H,37,40)(H,33,38,39)/t18-,19-. The Kier molecular flexibility index (Phi) is 9.16. The molecule has 3 N–H and O–H groups in total. The summed E-state index contributed by atoms with van der Waals surface area (Å²) in [7, 11) is 1.47. The van der Waals surface area contributed by atoms with Crippen LogP contribution in [0.15, 0.2) is 43.1 Å². The first-order valence-corrected chi connectivity index (χ1v) is 13.6. The predicted octanol–water partition coefficient (Wildman–Crippen LogP) is 4.46. The van der Waals surface area contributed by atoms with Gasteiger partial charge in [0, 0.05) is 48.0 Å². The minimum atomic E-state index is -2.69. The van der Waals surface area contributed by atoms with E-state index in [2.05, 4.69) is 45.8 Å². The first kappa shape index (κ1) is 29.5. The zero-order valence-electron chi connectivity index (χ0n) is 22.8. The fourth-order valence-electron chi connectivity index (χ4n) is 4.79. The molecule has 5 rings (SSSR count). The van der Waals surface area contributed by atoms with Crippen molar-refractivity contribution >= 4 is 29.4 Å². The second kappa shape index (κ2) is 13.3. The molecule has 0 bridgehead atoms. The maximum absolute atomic E-state index is 13.1. The van der Waals surface area contributed by atoms with Crippen LogP contribution in [-0.2, 0) is 0 Å². The number of hydrogen-bond acceptors (Lipinski definition) is 10. The number of alkyl halides is 2. The maximum atomic E-state index is 13.1. The Balaban J connectivity index is 1.29. The second-order valence-electron chi connectivity index (χ2n) is 9.61. The number of H-pyrrole nitrogens is 1. The summed E-state index contributed by atoms with van der Waals surface area (Å²) in [5.74, 6) is 0.639. The molecule has 0 aromatic carbocycles. The van der Waals surface area contributed by atoms with Crippen molar-refractivity contribution in [3.63, 3.8) is 0 Å². The van der Waals surface area contributed by atoms with E-state index in [9.17, 15) is 18.8 Å². The van der Waals surface area contributed by atoms with Gasteiger partial charge in [0.1, 0.15) is 23.3 Å². The van der Waals surface area contributed by atoms with Crippen LogP contribution in [0.25, 0.3) is 22.5 Å². The number of carbonyl (C=O) groups is 1. The van der Waals surface area contributed by atoms with E-state index < -0.39 is 19.0 Å². The van der Waals surface area contributed by atoms with Crippen molar-refractivity contribution in [3.05, 3.63) is 53.7 Å². The number of pyridine rings is 1. The molecule has 222 valence electrons. The summed E-state index contributed by atoms with van der Waals surface area (Å²) in [5.41, 5.74) is 2.29. The minimum absolute atomic E-state index is 0.0388. The third-order valence-corrected chi connectivity index (χ3v) is 7.18. The number of nitrogens with zero attached hydrogens (tertiary/aromatic N) is 8. The number of aromatic nitrogens is 7. The van der Waals surface area contributed by atoms with Gasteiger partial charge in [-0.15, -0.1) is 0 Å². The summed E-state index contributed by atoms with van der Waals surface area (Å²) in [6.07, 6.45) is 7.35. The molecule has 4 aromatic heterocycles. The largest absolute Gasteiger partial charge is 0.467 e. The molecule has 13 nitrogen and oxygen atoms in total. The number of carbonyl (C=O) groups excluding carboxylic acids is 1. The van der Waals surface area contributed by atoms with Crippen LogP contribution in [-0.4, -0.2) is 73.3 Å². The van der Waals surface area contributed by atoms with Crippen LogP contribution < -0.4 is 20.3 Å². The van der Waals surface area contributed by atoms with Gasteiger partial charge in [-0.05, 0) is 37.8 Å². The van der Waals surface area contributed by atoms with Gasteiger partial charge in [0.05, 0.1) is 30.4 Å². The van der Waals surface area contributed by atoms with Gasteiger partial charge in [-0.3, -0.25) is 10.00 Å². The van der Waals surface area contributed by atoms with Crippen LogP contribution in [0.2, 0.25) is 5.02 Å². The van der Waals surface area contributed by atoms with Crippen LogP contribution in [0.1, 0.15) is 31.2 Å². The number of nitrogens with one attached hydrogen (secondary N) is 3. The molecule has 1 aliphatic rings. The Labute approximate surface area is 249 Å². The van der Waals surface area contributed by atoms with Crippen molar-refractivity contribution in [1.82, 2.24) is 40.4 Å². The molecule has 0 spiro atoms. The summed E-state index contributed by atoms with van der Waals surface area (Å²) in [6, 6.07) is 4.72. The molecule has 43 heavy (non-hydrogen) atoms. The Morgan fingerprint density at radius 3 is 2.47 bits per heavy atom. The van der Waals surface area contributed by atoms with E-state index in [1.165, 1.54) is 24.4 Å². The lowest BCUT2D eigenvalue weighted by molar-refractivity contribution is 0.146. The first-order chi connectivity index (χ1) is 20.9. The summed E-state index contributed by atoms with van der Waals surface area (Å²) in [5, 5.41) is 22.1. The normalized spacial score (nSPS) is 16.4. The molecule has 4 aromatic rings. The Hall–Kier alpha value is -4.97. The molecule has 16 heteroatoms. The molecular weight excluding hydrogens is 584 g/mol. The van der Waals surface area contributed by atoms with Gasteiger partial charge in [-0.2, -0.15) is 10.4 Å². The number of urea groups is 1. The highest BCUT2D eigenvalue weighted by Crippen LogP contribution is 2.31. The van der Waals surface area contributed by atoms with Crippen LogP contribution >= 0.6 is 11.6 Å². The number of rotatable bonds is 9. The number of anilines is 2. The molecule has 0 atom stereocenters. The van der Waals surface area contributed by atoms with Crippen LogP contribution in [0.4, 0.5) is 25.3 Å². The lowest BCUT2D eigenvalue weighted by Gasteiger charge is -2.36. The van der Waals surface area contributed by atoms with E-state index in [1.807, 2.05) is 6.07 Å². The average Bonchev–Trinajstić information content (AvgIpc) is 3.47. The quantitative estimate of drug-likeness (QED) is 0.246. The third kappa shape index (κ3) is 6.92. The topological polar surface area (TPSA) is 171 Å². The summed E-state index contributed by atoms with van der Waals surface area (Å²) >= 11 is 6.18. The van der Waals surface area contributed by atoms with Crippen molar-refractivity contribution in [2.24, 2.45) is 0 Å². The van der Waals surface area contributed by atoms with Crippen LogP contribution in [0, 0.1) is 11.3 Å². The van der Waals surface area contributed by atoms with Crippen molar-refractivity contribution in [1.29, 1.82) is 5.26 Å². The molecule has 0 saturated heterocycles. The number of ether oxygens (including phenoxy) is 1. The SMILES string of the molecule is COc1ncc(-c2ccc(N(C(=O)NCC(F)F)[C@H]3CC[C@H](Nc4ncc(C#N)c(-c5n[nH]cc5Cl)n4)CC3)nc2)cn1. The lowest BCUT2D eigenvalue weighted by atomic mass is 9.90. The van der Waals surface area contributed by atoms with E-state index >= 15 is 0 Å². The van der Waals surface area contributed by atoms with E-state index in [4.69, 9.17) is 16.3 Å². The van der Waals surface area contributed by atoms with Crippen molar-refractivity contribution in [3.8, 4) is 34.6 Å². The molecule has 0 radical (unpaired) electrons.